The molecule has 7 heteroatoms. The van der Waals surface area contributed by atoms with E-state index in [1.165, 1.54) is 19.1 Å². The molecule has 0 aliphatic carbocycles. The Hall–Kier alpha value is -1.28. The van der Waals surface area contributed by atoms with Crippen LogP contribution in [0.25, 0.3) is 0 Å². The number of nitrogens with one attached hydrogen (secondary N) is 1. The number of rotatable bonds is 5. The Kier molecular flexibility index (Phi) is 4.31. The molecule has 2 bridgehead atoms. The standard InChI is InChI=1S/C15H21N3O3S/c1-12(19)13-3-2-4-15(9-13)22(20,21)16-10-14-11-17-5-7-18(14)8-6-17/h2-4,9,14,16H,5-8,10-11H2,1H3. The number of nitrogens with zero attached hydrogens (tertiary/aromatic N) is 2. The zero-order chi connectivity index (χ0) is 15.7. The summed E-state index contributed by atoms with van der Waals surface area (Å²) in [7, 11) is -3.58. The summed E-state index contributed by atoms with van der Waals surface area (Å²) in [5, 5.41) is 0. The minimum atomic E-state index is -3.58. The average Bonchev–Trinajstić information content (AvgIpc) is 2.54. The normalized spacial score (nSPS) is 27.8. The fourth-order valence-corrected chi connectivity index (χ4v) is 4.21. The number of ketones is 1. The minimum Gasteiger partial charge on any atom is -0.299 e. The maximum absolute atomic E-state index is 12.4. The lowest BCUT2D eigenvalue weighted by atomic mass is 10.1. The van der Waals surface area contributed by atoms with Crippen molar-refractivity contribution in [2.45, 2.75) is 17.9 Å². The number of piperazine rings is 3. The molecule has 1 atom stereocenters. The van der Waals surface area contributed by atoms with E-state index in [2.05, 4.69) is 14.5 Å². The van der Waals surface area contributed by atoms with Gasteiger partial charge in [-0.1, -0.05) is 12.1 Å². The Morgan fingerprint density at radius 3 is 2.59 bits per heavy atom. The summed E-state index contributed by atoms with van der Waals surface area (Å²) in [6.45, 7) is 6.91. The van der Waals surface area contributed by atoms with Gasteiger partial charge in [0.2, 0.25) is 10.0 Å². The van der Waals surface area contributed by atoms with Crippen LogP contribution in [0, 0.1) is 0 Å². The van der Waals surface area contributed by atoms with Crippen LogP contribution >= 0.6 is 0 Å². The highest BCUT2D eigenvalue weighted by molar-refractivity contribution is 7.89. The number of hydrogen-bond acceptors (Lipinski definition) is 5. The molecule has 0 aromatic heterocycles. The molecular formula is C15H21N3O3S. The highest BCUT2D eigenvalue weighted by Gasteiger charge is 2.32. The first kappa shape index (κ1) is 15.6. The van der Waals surface area contributed by atoms with Crippen molar-refractivity contribution in [3.63, 3.8) is 0 Å². The first-order valence-corrected chi connectivity index (χ1v) is 9.01. The molecule has 1 unspecified atom stereocenters. The van der Waals surface area contributed by atoms with Crippen LogP contribution in [0.4, 0.5) is 0 Å². The van der Waals surface area contributed by atoms with Crippen LogP contribution < -0.4 is 4.72 Å². The lowest BCUT2D eigenvalue weighted by molar-refractivity contribution is 0.0158. The maximum atomic E-state index is 12.4. The van der Waals surface area contributed by atoms with Gasteiger partial charge in [0.15, 0.2) is 5.78 Å². The zero-order valence-electron chi connectivity index (χ0n) is 12.7. The Morgan fingerprint density at radius 1 is 1.27 bits per heavy atom. The Morgan fingerprint density at radius 2 is 2.00 bits per heavy atom. The largest absolute Gasteiger partial charge is 0.299 e. The summed E-state index contributed by atoms with van der Waals surface area (Å²) in [4.78, 5) is 16.3. The van der Waals surface area contributed by atoms with Crippen molar-refractivity contribution in [3.8, 4) is 0 Å². The van der Waals surface area contributed by atoms with Crippen molar-refractivity contribution in [3.05, 3.63) is 29.8 Å². The molecule has 1 aromatic carbocycles. The maximum Gasteiger partial charge on any atom is 0.240 e. The van der Waals surface area contributed by atoms with Gasteiger partial charge in [-0.05, 0) is 19.1 Å². The van der Waals surface area contributed by atoms with E-state index < -0.39 is 10.0 Å². The molecule has 3 aliphatic heterocycles. The van der Waals surface area contributed by atoms with Crippen molar-refractivity contribution >= 4 is 15.8 Å². The van der Waals surface area contributed by atoms with Gasteiger partial charge in [0, 0.05) is 50.9 Å². The summed E-state index contributed by atoms with van der Waals surface area (Å²) in [5.41, 5.74) is 0.412. The number of sulfonamides is 1. The fourth-order valence-electron chi connectivity index (χ4n) is 3.09. The molecule has 6 nitrogen and oxygen atoms in total. The number of benzene rings is 1. The van der Waals surface area contributed by atoms with E-state index in [0.717, 1.165) is 32.7 Å². The summed E-state index contributed by atoms with van der Waals surface area (Å²) < 4.78 is 27.5. The Labute approximate surface area is 131 Å². The zero-order valence-corrected chi connectivity index (χ0v) is 13.5. The monoisotopic (exact) mass is 323 g/mol. The molecule has 0 amide bonds. The second-order valence-electron chi connectivity index (χ2n) is 5.93. The van der Waals surface area contributed by atoms with Crippen LogP contribution in [-0.4, -0.2) is 69.3 Å². The molecule has 120 valence electrons. The van der Waals surface area contributed by atoms with E-state index in [4.69, 9.17) is 0 Å². The third kappa shape index (κ3) is 3.22. The van der Waals surface area contributed by atoms with Crippen LogP contribution in [-0.2, 0) is 10.0 Å². The molecule has 0 radical (unpaired) electrons. The van der Waals surface area contributed by atoms with E-state index in [0.29, 0.717) is 12.1 Å². The predicted molar refractivity (Wildman–Crippen MR) is 83.4 cm³/mol. The van der Waals surface area contributed by atoms with Crippen LogP contribution in [0.15, 0.2) is 29.2 Å². The van der Waals surface area contributed by atoms with E-state index in [1.54, 1.807) is 12.1 Å². The number of Topliss-reactive ketones (excluding diaryl/α,β-unsaturated/α-hetero) is 1. The van der Waals surface area contributed by atoms with Gasteiger partial charge in [0.25, 0.3) is 0 Å². The number of carbonyl (C=O) groups excluding carboxylic acids is 1. The first-order valence-electron chi connectivity index (χ1n) is 7.53. The summed E-state index contributed by atoms with van der Waals surface area (Å²) in [6.07, 6.45) is 0. The predicted octanol–water partition coefficient (Wildman–Crippen LogP) is 0.167. The van der Waals surface area contributed by atoms with Crippen LogP contribution in [0.3, 0.4) is 0 Å². The van der Waals surface area contributed by atoms with E-state index in [1.807, 2.05) is 0 Å². The average molecular weight is 323 g/mol. The topological polar surface area (TPSA) is 69.7 Å². The smallest absolute Gasteiger partial charge is 0.240 e. The SMILES string of the molecule is CC(=O)c1cccc(S(=O)(=O)NCC2CN3CCN2CC3)c1. The highest BCUT2D eigenvalue weighted by atomic mass is 32.2. The molecule has 3 saturated heterocycles. The third-order valence-corrected chi connectivity index (χ3v) is 5.87. The number of fused-ring (bicyclic) bond motifs is 3. The number of carbonyl (C=O) groups is 1. The minimum absolute atomic E-state index is 0.138. The lowest BCUT2D eigenvalue weighted by Gasteiger charge is -2.47. The summed E-state index contributed by atoms with van der Waals surface area (Å²) >= 11 is 0. The van der Waals surface area contributed by atoms with Gasteiger partial charge in [0.1, 0.15) is 0 Å². The molecule has 3 aliphatic rings. The first-order chi connectivity index (χ1) is 10.5. The van der Waals surface area contributed by atoms with Crippen molar-refractivity contribution in [2.24, 2.45) is 0 Å². The van der Waals surface area contributed by atoms with Crippen LogP contribution in [0.5, 0.6) is 0 Å². The van der Waals surface area contributed by atoms with Gasteiger partial charge >= 0.3 is 0 Å². The van der Waals surface area contributed by atoms with E-state index >= 15 is 0 Å². The van der Waals surface area contributed by atoms with Crippen molar-refractivity contribution in [1.29, 1.82) is 0 Å². The molecular weight excluding hydrogens is 302 g/mol. The fraction of sp³-hybridized carbons (Fsp3) is 0.533. The molecule has 0 spiro atoms. The molecule has 3 fully saturated rings. The number of hydrogen-bond donors (Lipinski definition) is 1. The van der Waals surface area contributed by atoms with Gasteiger partial charge in [-0.3, -0.25) is 14.6 Å². The molecule has 0 saturated carbocycles. The quantitative estimate of drug-likeness (QED) is 0.782. The molecule has 1 aromatic rings. The Bertz CT molecular complexity index is 666. The van der Waals surface area contributed by atoms with Crippen molar-refractivity contribution in [2.75, 3.05) is 39.3 Å². The van der Waals surface area contributed by atoms with Crippen LogP contribution in [0.1, 0.15) is 17.3 Å². The summed E-state index contributed by atoms with van der Waals surface area (Å²) in [6, 6.07) is 6.41. The Balaban J connectivity index is 1.68. The van der Waals surface area contributed by atoms with Gasteiger partial charge in [-0.15, -0.1) is 0 Å². The third-order valence-electron chi connectivity index (χ3n) is 4.45. The highest BCUT2D eigenvalue weighted by Crippen LogP contribution is 2.16. The van der Waals surface area contributed by atoms with Crippen LogP contribution in [0.2, 0.25) is 0 Å². The summed E-state index contributed by atoms with van der Waals surface area (Å²) in [5.74, 6) is -0.138. The van der Waals surface area contributed by atoms with Gasteiger partial charge in [-0.2, -0.15) is 0 Å². The lowest BCUT2D eigenvalue weighted by Crippen LogP contribution is -2.63. The molecule has 22 heavy (non-hydrogen) atoms. The van der Waals surface area contributed by atoms with Crippen molar-refractivity contribution in [1.82, 2.24) is 14.5 Å². The van der Waals surface area contributed by atoms with E-state index in [9.17, 15) is 13.2 Å². The van der Waals surface area contributed by atoms with E-state index in [-0.39, 0.29) is 16.7 Å². The molecule has 4 rings (SSSR count). The molecule has 3 heterocycles. The van der Waals surface area contributed by atoms with Gasteiger partial charge < -0.3 is 0 Å². The van der Waals surface area contributed by atoms with Gasteiger partial charge in [-0.25, -0.2) is 13.1 Å². The second-order valence-corrected chi connectivity index (χ2v) is 7.69. The van der Waals surface area contributed by atoms with Crippen molar-refractivity contribution < 1.29 is 13.2 Å². The second kappa shape index (κ2) is 6.08. The van der Waals surface area contributed by atoms with Gasteiger partial charge in [0.05, 0.1) is 4.90 Å². The molecule has 1 N–H and O–H groups in total.